The van der Waals surface area contributed by atoms with Crippen LogP contribution in [0, 0.1) is 6.92 Å². The monoisotopic (exact) mass is 240 g/mol. The first-order chi connectivity index (χ1) is 8.65. The molecule has 0 saturated carbocycles. The minimum Gasteiger partial charge on any atom is -0.335 e. The van der Waals surface area contributed by atoms with Crippen molar-refractivity contribution in [2.75, 3.05) is 0 Å². The summed E-state index contributed by atoms with van der Waals surface area (Å²) in [6.07, 6.45) is 3.53. The Hall–Kier alpha value is -2.43. The molecule has 1 N–H and O–H groups in total. The number of fused-ring (bicyclic) bond motifs is 1. The number of aromatic nitrogens is 4. The molecule has 0 radical (unpaired) electrons. The molecule has 0 bridgehead atoms. The number of H-pyrrole nitrogens is 1. The van der Waals surface area contributed by atoms with Crippen LogP contribution in [0.1, 0.15) is 5.69 Å². The maximum Gasteiger partial charge on any atom is 0.260 e. The largest absolute Gasteiger partial charge is 0.335 e. The maximum atomic E-state index is 11.9. The van der Waals surface area contributed by atoms with E-state index < -0.39 is 0 Å². The van der Waals surface area contributed by atoms with Crippen LogP contribution in [0.3, 0.4) is 0 Å². The summed E-state index contributed by atoms with van der Waals surface area (Å²) in [7, 11) is 1.87. The highest BCUT2D eigenvalue weighted by molar-refractivity contribution is 5.77. The van der Waals surface area contributed by atoms with Crippen LogP contribution in [0.25, 0.3) is 22.4 Å². The zero-order valence-corrected chi connectivity index (χ0v) is 10.1. The first-order valence-electron chi connectivity index (χ1n) is 5.63. The van der Waals surface area contributed by atoms with Gasteiger partial charge in [-0.2, -0.15) is 0 Å². The molecule has 5 nitrogen and oxygen atoms in total. The summed E-state index contributed by atoms with van der Waals surface area (Å²) < 4.78 is 1.83. The number of nitrogens with one attached hydrogen (secondary N) is 1. The summed E-state index contributed by atoms with van der Waals surface area (Å²) in [5.74, 6) is 0.543. The number of aryl methyl sites for hydroxylation is 2. The summed E-state index contributed by atoms with van der Waals surface area (Å²) in [4.78, 5) is 23.4. The van der Waals surface area contributed by atoms with E-state index in [0.29, 0.717) is 16.9 Å². The average molecular weight is 240 g/mol. The van der Waals surface area contributed by atoms with E-state index >= 15 is 0 Å². The first-order valence-corrected chi connectivity index (χ1v) is 5.63. The van der Waals surface area contributed by atoms with Crippen LogP contribution in [0.2, 0.25) is 0 Å². The molecule has 3 heterocycles. The van der Waals surface area contributed by atoms with Crippen LogP contribution in [0.4, 0.5) is 0 Å². The van der Waals surface area contributed by atoms with E-state index in [2.05, 4.69) is 15.0 Å². The van der Waals surface area contributed by atoms with Gasteiger partial charge in [-0.25, -0.2) is 4.98 Å². The van der Waals surface area contributed by atoms with Crippen molar-refractivity contribution in [3.8, 4) is 11.4 Å². The molecule has 0 atom stereocenters. The molecule has 0 aliphatic rings. The lowest BCUT2D eigenvalue weighted by Crippen LogP contribution is -2.09. The van der Waals surface area contributed by atoms with E-state index in [4.69, 9.17) is 0 Å². The predicted octanol–water partition coefficient (Wildman–Crippen LogP) is 1.63. The van der Waals surface area contributed by atoms with E-state index in [-0.39, 0.29) is 5.56 Å². The van der Waals surface area contributed by atoms with Gasteiger partial charge in [-0.1, -0.05) is 0 Å². The van der Waals surface area contributed by atoms with Gasteiger partial charge in [-0.3, -0.25) is 9.78 Å². The smallest absolute Gasteiger partial charge is 0.260 e. The van der Waals surface area contributed by atoms with E-state index in [9.17, 15) is 4.79 Å². The van der Waals surface area contributed by atoms with Crippen LogP contribution in [-0.4, -0.2) is 19.5 Å². The van der Waals surface area contributed by atoms with Crippen LogP contribution >= 0.6 is 0 Å². The van der Waals surface area contributed by atoms with Crippen molar-refractivity contribution in [3.63, 3.8) is 0 Å². The summed E-state index contributed by atoms with van der Waals surface area (Å²) in [5.41, 5.74) is 2.28. The minimum absolute atomic E-state index is 0.129. The molecule has 5 heteroatoms. The molecule has 0 unspecified atom stereocenters. The standard InChI is InChI=1S/C13H12N4O/c1-8-3-4-9(7-14-8)11-15-12-10(13(18)16-11)5-6-17(12)2/h3-7H,1-2H3,(H,15,16,18). The second-order valence-electron chi connectivity index (χ2n) is 4.27. The molecule has 3 aromatic heterocycles. The molecular weight excluding hydrogens is 228 g/mol. The summed E-state index contributed by atoms with van der Waals surface area (Å²) in [5, 5.41) is 0.598. The van der Waals surface area contributed by atoms with E-state index in [1.807, 2.05) is 36.9 Å². The number of pyridine rings is 1. The quantitative estimate of drug-likeness (QED) is 0.703. The zero-order chi connectivity index (χ0) is 12.7. The van der Waals surface area contributed by atoms with Crippen molar-refractivity contribution in [2.45, 2.75) is 6.92 Å². The van der Waals surface area contributed by atoms with Crippen molar-refractivity contribution in [1.29, 1.82) is 0 Å². The van der Waals surface area contributed by atoms with Crippen molar-refractivity contribution in [2.24, 2.45) is 7.05 Å². The number of aromatic amines is 1. The van der Waals surface area contributed by atoms with Gasteiger partial charge in [0.05, 0.1) is 5.39 Å². The Bertz CT molecular complexity index is 768. The fourth-order valence-corrected chi connectivity index (χ4v) is 1.89. The van der Waals surface area contributed by atoms with Crippen LogP contribution in [0.5, 0.6) is 0 Å². The Morgan fingerprint density at radius 1 is 1.28 bits per heavy atom. The molecule has 0 aliphatic carbocycles. The fraction of sp³-hybridized carbons (Fsp3) is 0.154. The highest BCUT2D eigenvalue weighted by atomic mass is 16.1. The molecule has 0 amide bonds. The second-order valence-corrected chi connectivity index (χ2v) is 4.27. The van der Waals surface area contributed by atoms with Gasteiger partial charge in [0.25, 0.3) is 5.56 Å². The third-order valence-electron chi connectivity index (χ3n) is 2.92. The lowest BCUT2D eigenvalue weighted by Gasteiger charge is -2.02. The Balaban J connectivity index is 2.26. The van der Waals surface area contributed by atoms with Crippen molar-refractivity contribution < 1.29 is 0 Å². The second kappa shape index (κ2) is 3.80. The lowest BCUT2D eigenvalue weighted by atomic mass is 10.2. The summed E-state index contributed by atoms with van der Waals surface area (Å²) >= 11 is 0. The van der Waals surface area contributed by atoms with E-state index in [1.165, 1.54) is 0 Å². The molecule has 0 aliphatic heterocycles. The maximum absolute atomic E-state index is 11.9. The van der Waals surface area contributed by atoms with Crippen molar-refractivity contribution >= 4 is 11.0 Å². The molecule has 3 rings (SSSR count). The van der Waals surface area contributed by atoms with Gasteiger partial charge in [0.15, 0.2) is 0 Å². The third kappa shape index (κ3) is 1.60. The molecule has 18 heavy (non-hydrogen) atoms. The number of rotatable bonds is 1. The predicted molar refractivity (Wildman–Crippen MR) is 69.3 cm³/mol. The SMILES string of the molecule is Cc1ccc(-c2nc3c(ccn3C)c(=O)[nH]2)cn1. The van der Waals surface area contributed by atoms with Gasteiger partial charge in [0.1, 0.15) is 11.5 Å². The van der Waals surface area contributed by atoms with Crippen LogP contribution < -0.4 is 5.56 Å². The molecule has 0 spiro atoms. The number of nitrogens with zero attached hydrogens (tertiary/aromatic N) is 3. The molecule has 90 valence electrons. The van der Waals surface area contributed by atoms with Gasteiger partial charge in [0.2, 0.25) is 0 Å². The Labute approximate surface area is 103 Å². The Morgan fingerprint density at radius 3 is 2.83 bits per heavy atom. The topological polar surface area (TPSA) is 63.6 Å². The van der Waals surface area contributed by atoms with Crippen molar-refractivity contribution in [1.82, 2.24) is 19.5 Å². The van der Waals surface area contributed by atoms with Crippen molar-refractivity contribution in [3.05, 3.63) is 46.6 Å². The molecule has 0 fully saturated rings. The third-order valence-corrected chi connectivity index (χ3v) is 2.92. The number of hydrogen-bond acceptors (Lipinski definition) is 3. The molecule has 0 aromatic carbocycles. The summed E-state index contributed by atoms with van der Waals surface area (Å²) in [6.45, 7) is 1.92. The highest BCUT2D eigenvalue weighted by Crippen LogP contribution is 2.15. The number of hydrogen-bond donors (Lipinski definition) is 1. The van der Waals surface area contributed by atoms with Gasteiger partial charge >= 0.3 is 0 Å². The molecular formula is C13H12N4O. The van der Waals surface area contributed by atoms with Crippen LogP contribution in [-0.2, 0) is 7.05 Å². The molecule has 0 saturated heterocycles. The average Bonchev–Trinajstić information content (AvgIpc) is 2.73. The normalized spacial score (nSPS) is 11.0. The van der Waals surface area contributed by atoms with Crippen LogP contribution in [0.15, 0.2) is 35.4 Å². The summed E-state index contributed by atoms with van der Waals surface area (Å²) in [6, 6.07) is 5.55. The zero-order valence-electron chi connectivity index (χ0n) is 10.1. The van der Waals surface area contributed by atoms with Gasteiger partial charge in [0, 0.05) is 30.7 Å². The van der Waals surface area contributed by atoms with E-state index in [1.54, 1.807) is 12.3 Å². The Kier molecular flexibility index (Phi) is 2.26. The fourth-order valence-electron chi connectivity index (χ4n) is 1.89. The molecule has 3 aromatic rings. The van der Waals surface area contributed by atoms with Gasteiger partial charge in [-0.05, 0) is 25.1 Å². The van der Waals surface area contributed by atoms with Gasteiger partial charge in [-0.15, -0.1) is 0 Å². The first kappa shape index (κ1) is 10.7. The van der Waals surface area contributed by atoms with E-state index in [0.717, 1.165) is 11.3 Å². The minimum atomic E-state index is -0.129. The van der Waals surface area contributed by atoms with Gasteiger partial charge < -0.3 is 9.55 Å². The lowest BCUT2D eigenvalue weighted by molar-refractivity contribution is 0.943. The highest BCUT2D eigenvalue weighted by Gasteiger charge is 2.08. The Morgan fingerprint density at radius 2 is 2.11 bits per heavy atom.